The maximum Gasteiger partial charge on any atom is 0.229 e. The first-order chi connectivity index (χ1) is 16.3. The molecule has 0 atom stereocenters. The van der Waals surface area contributed by atoms with E-state index in [1.54, 1.807) is 35.5 Å². The van der Waals surface area contributed by atoms with Crippen LogP contribution in [0.3, 0.4) is 0 Å². The zero-order valence-corrected chi connectivity index (χ0v) is 21.6. The molecule has 10 heteroatoms. The predicted molar refractivity (Wildman–Crippen MR) is 137 cm³/mol. The molecule has 0 aliphatic carbocycles. The molecule has 0 unspecified atom stereocenters. The van der Waals surface area contributed by atoms with Crippen LogP contribution in [0.15, 0.2) is 52.2 Å². The van der Waals surface area contributed by atoms with Crippen LogP contribution in [0.2, 0.25) is 10.0 Å². The van der Waals surface area contributed by atoms with Gasteiger partial charge in [0, 0.05) is 48.2 Å². The minimum absolute atomic E-state index is 0.0289. The number of quaternary nitrogens is 1. The molecule has 1 aliphatic heterocycles. The molecule has 0 radical (unpaired) electrons. The number of halogens is 2. The number of hydrogen-bond donors (Lipinski definition) is 0. The highest BCUT2D eigenvalue weighted by molar-refractivity contribution is 7.99. The largest absolute Gasteiger partial charge is 0.633 e. The lowest BCUT2D eigenvalue weighted by atomic mass is 10.0. The fraction of sp³-hybridized carbons (Fsp3) is 0.292. The van der Waals surface area contributed by atoms with Crippen LogP contribution < -0.4 is 0 Å². The number of likely N-dealkylation sites (tertiary alicyclic amines) is 1. The van der Waals surface area contributed by atoms with Gasteiger partial charge in [0.15, 0.2) is 4.34 Å². The van der Waals surface area contributed by atoms with E-state index >= 15 is 0 Å². The number of thiazole rings is 1. The van der Waals surface area contributed by atoms with Crippen LogP contribution in [-0.2, 0) is 11.3 Å². The second-order valence-corrected chi connectivity index (χ2v) is 11.2. The zero-order chi connectivity index (χ0) is 24.3. The molecule has 4 rings (SSSR count). The van der Waals surface area contributed by atoms with Crippen molar-refractivity contribution in [3.05, 3.63) is 74.2 Å². The smallest absolute Gasteiger partial charge is 0.229 e. The second-order valence-electron chi connectivity index (χ2n) is 8.27. The predicted octanol–water partition coefficient (Wildman–Crippen LogP) is 6.52. The van der Waals surface area contributed by atoms with E-state index in [-0.39, 0.29) is 16.6 Å². The monoisotopic (exact) mass is 532 g/mol. The van der Waals surface area contributed by atoms with Crippen LogP contribution in [0.25, 0.3) is 11.3 Å². The van der Waals surface area contributed by atoms with Crippen LogP contribution in [-0.4, -0.2) is 39.0 Å². The number of carbonyl (C=O) groups excluding carboxylic acids is 1. The topological polar surface area (TPSA) is 80.0 Å². The van der Waals surface area contributed by atoms with Crippen molar-refractivity contribution in [2.45, 2.75) is 36.7 Å². The summed E-state index contributed by atoms with van der Waals surface area (Å²) in [6.45, 7) is 2.72. The highest BCUT2D eigenvalue weighted by Gasteiger charge is 2.33. The van der Waals surface area contributed by atoms with Gasteiger partial charge in [0.05, 0.1) is 46.5 Å². The molecule has 176 valence electrons. The maximum atomic E-state index is 13.3. The fourth-order valence-corrected chi connectivity index (χ4v) is 6.24. The van der Waals surface area contributed by atoms with Crippen LogP contribution in [0.4, 0.5) is 0 Å². The van der Waals surface area contributed by atoms with E-state index in [0.717, 1.165) is 21.2 Å². The van der Waals surface area contributed by atoms with E-state index in [9.17, 15) is 10.0 Å². The van der Waals surface area contributed by atoms with Gasteiger partial charge in [0.25, 0.3) is 0 Å². The molecular formula is C24H22Cl2N4O2S2. The molecule has 3 aromatic rings. The van der Waals surface area contributed by atoms with Gasteiger partial charge in [0.1, 0.15) is 6.54 Å². The Morgan fingerprint density at radius 3 is 2.56 bits per heavy atom. The molecule has 0 bridgehead atoms. The Morgan fingerprint density at radius 1 is 1.24 bits per heavy atom. The molecule has 1 aromatic heterocycles. The molecule has 2 aromatic carbocycles. The fourth-order valence-electron chi connectivity index (χ4n) is 4.02. The third-order valence-corrected chi connectivity index (χ3v) is 8.69. The van der Waals surface area contributed by atoms with Crippen molar-refractivity contribution in [3.63, 3.8) is 0 Å². The maximum absolute atomic E-state index is 13.3. The van der Waals surface area contributed by atoms with Crippen LogP contribution in [0, 0.1) is 16.5 Å². The lowest BCUT2D eigenvalue weighted by molar-refractivity contribution is -0.899. The number of benzene rings is 2. The Labute approximate surface area is 217 Å². The van der Waals surface area contributed by atoms with Gasteiger partial charge in [0.2, 0.25) is 5.91 Å². The lowest BCUT2D eigenvalue weighted by Gasteiger charge is -2.48. The Morgan fingerprint density at radius 2 is 1.94 bits per heavy atom. The number of nitrogens with zero attached hydrogens (tertiary/aromatic N) is 4. The first-order valence-corrected chi connectivity index (χ1v) is 13.1. The van der Waals surface area contributed by atoms with E-state index in [2.05, 4.69) is 11.1 Å². The molecule has 34 heavy (non-hydrogen) atoms. The molecule has 2 heterocycles. The van der Waals surface area contributed by atoms with Crippen molar-refractivity contribution < 1.29 is 9.44 Å². The van der Waals surface area contributed by atoms with Gasteiger partial charge in [-0.05, 0) is 24.3 Å². The number of hydroxylamine groups is 3. The van der Waals surface area contributed by atoms with Crippen molar-refractivity contribution in [3.8, 4) is 17.3 Å². The number of rotatable bonds is 6. The number of carbonyl (C=O) groups is 1. The van der Waals surface area contributed by atoms with E-state index in [1.807, 2.05) is 23.6 Å². The summed E-state index contributed by atoms with van der Waals surface area (Å²) >= 11 is 14.9. The van der Waals surface area contributed by atoms with Gasteiger partial charge in [-0.15, -0.1) is 11.3 Å². The SMILES string of the molecule is CC(=O)N(Sc1nc(-c2ccc(C#N)cc2)cs1)C1CC[N+]([O-])(Cc2ccc(Cl)c(Cl)c2)CC1. The first kappa shape index (κ1) is 25.0. The van der Waals surface area contributed by atoms with Crippen LogP contribution in [0.1, 0.15) is 30.9 Å². The van der Waals surface area contributed by atoms with Crippen molar-refractivity contribution in [1.82, 2.24) is 9.29 Å². The quantitative estimate of drug-likeness (QED) is 0.205. The van der Waals surface area contributed by atoms with E-state index in [0.29, 0.717) is 48.1 Å². The minimum atomic E-state index is -0.342. The molecule has 0 saturated carbocycles. The van der Waals surface area contributed by atoms with Gasteiger partial charge in [-0.25, -0.2) is 4.98 Å². The molecule has 0 spiro atoms. The van der Waals surface area contributed by atoms with Crippen molar-refractivity contribution in [2.24, 2.45) is 0 Å². The van der Waals surface area contributed by atoms with Crippen molar-refractivity contribution >= 4 is 52.4 Å². The van der Waals surface area contributed by atoms with E-state index in [4.69, 9.17) is 28.5 Å². The van der Waals surface area contributed by atoms with Gasteiger partial charge in [-0.1, -0.05) is 41.4 Å². The second kappa shape index (κ2) is 10.6. The summed E-state index contributed by atoms with van der Waals surface area (Å²) in [5, 5.41) is 25.1. The number of amides is 1. The normalized spacial score (nSPS) is 20.0. The summed E-state index contributed by atoms with van der Waals surface area (Å²) < 4.78 is 2.17. The van der Waals surface area contributed by atoms with Crippen LogP contribution >= 0.6 is 46.5 Å². The Balaban J connectivity index is 1.40. The van der Waals surface area contributed by atoms with E-state index < -0.39 is 0 Å². The molecule has 1 amide bonds. The molecular weight excluding hydrogens is 511 g/mol. The average Bonchev–Trinajstić information content (AvgIpc) is 3.29. The minimum Gasteiger partial charge on any atom is -0.633 e. The lowest BCUT2D eigenvalue weighted by Crippen LogP contribution is -2.52. The summed E-state index contributed by atoms with van der Waals surface area (Å²) in [5.74, 6) is -0.0551. The van der Waals surface area contributed by atoms with Gasteiger partial charge in [-0.2, -0.15) is 5.26 Å². The third-order valence-electron chi connectivity index (χ3n) is 5.81. The number of nitriles is 1. The van der Waals surface area contributed by atoms with Gasteiger partial charge < -0.3 is 9.85 Å². The van der Waals surface area contributed by atoms with Crippen LogP contribution in [0.5, 0.6) is 0 Å². The zero-order valence-electron chi connectivity index (χ0n) is 18.4. The molecule has 1 saturated heterocycles. The Hall–Kier alpha value is -2.12. The molecule has 6 nitrogen and oxygen atoms in total. The Bertz CT molecular complexity index is 1220. The van der Waals surface area contributed by atoms with Crippen molar-refractivity contribution in [1.29, 1.82) is 5.26 Å². The molecule has 1 fully saturated rings. The summed E-state index contributed by atoms with van der Waals surface area (Å²) in [4.78, 5) is 17.1. The number of aromatic nitrogens is 1. The Kier molecular flexibility index (Phi) is 7.83. The summed E-state index contributed by atoms with van der Waals surface area (Å²) in [6, 6.07) is 14.6. The highest BCUT2D eigenvalue weighted by atomic mass is 35.5. The number of piperidine rings is 1. The summed E-state index contributed by atoms with van der Waals surface area (Å²) in [5.41, 5.74) is 3.19. The van der Waals surface area contributed by atoms with E-state index in [1.165, 1.54) is 23.3 Å². The van der Waals surface area contributed by atoms with Gasteiger partial charge >= 0.3 is 0 Å². The van der Waals surface area contributed by atoms with Gasteiger partial charge in [-0.3, -0.25) is 9.10 Å². The van der Waals surface area contributed by atoms with Crippen molar-refractivity contribution in [2.75, 3.05) is 13.1 Å². The standard InChI is InChI=1S/C24H22Cl2N4O2S2/c1-16(31)29(34-24-28-23(15-33-24)19-5-2-17(13-27)3-6-19)20-8-10-30(32,11-9-20)14-18-4-7-21(25)22(26)12-18/h2-7,12,15,20H,8-11,14H2,1H3. The average molecular weight is 534 g/mol. The highest BCUT2D eigenvalue weighted by Crippen LogP contribution is 2.35. The first-order valence-electron chi connectivity index (χ1n) is 10.7. The summed E-state index contributed by atoms with van der Waals surface area (Å²) in [6.07, 6.45) is 1.23. The number of hydrogen-bond acceptors (Lipinski definition) is 6. The molecule has 0 N–H and O–H groups in total. The third kappa shape index (κ3) is 5.92. The summed E-state index contributed by atoms with van der Waals surface area (Å²) in [7, 11) is 0. The molecule has 1 aliphatic rings.